The summed E-state index contributed by atoms with van der Waals surface area (Å²) in [6.45, 7) is 0. The molecule has 0 amide bonds. The smallest absolute Gasteiger partial charge is 0.159 e. The second kappa shape index (κ2) is 6.01. The molecule has 0 aliphatic heterocycles. The molecule has 4 aromatic rings. The first-order valence-electron chi connectivity index (χ1n) is 7.50. The first kappa shape index (κ1) is 15.3. The number of nitrogens with zero attached hydrogens (tertiary/aromatic N) is 4. The quantitative estimate of drug-likeness (QED) is 0.570. The minimum Gasteiger partial charge on any atom is -0.236 e. The molecule has 2 heterocycles. The number of halogens is 3. The minimum atomic E-state index is -0.635. The van der Waals surface area contributed by atoms with E-state index in [1.165, 1.54) is 41.2 Å². The van der Waals surface area contributed by atoms with Crippen molar-refractivity contribution in [3.05, 3.63) is 83.7 Å². The second-order valence-electron chi connectivity index (χ2n) is 5.49. The Kier molecular flexibility index (Phi) is 3.68. The Morgan fingerprint density at radius 2 is 1.64 bits per heavy atom. The van der Waals surface area contributed by atoms with Crippen LogP contribution in [0.25, 0.3) is 16.9 Å². The summed E-state index contributed by atoms with van der Waals surface area (Å²) in [7, 11) is 0. The third kappa shape index (κ3) is 2.96. The molecule has 124 valence electrons. The monoisotopic (exact) mass is 340 g/mol. The van der Waals surface area contributed by atoms with Gasteiger partial charge in [-0.25, -0.2) is 27.7 Å². The van der Waals surface area contributed by atoms with Crippen LogP contribution in [0.4, 0.5) is 13.2 Å². The van der Waals surface area contributed by atoms with Gasteiger partial charge in [0.2, 0.25) is 0 Å². The van der Waals surface area contributed by atoms with E-state index in [0.29, 0.717) is 11.3 Å². The van der Waals surface area contributed by atoms with E-state index in [9.17, 15) is 13.2 Å². The van der Waals surface area contributed by atoms with Crippen LogP contribution in [0.15, 0.2) is 54.9 Å². The average Bonchev–Trinajstić information content (AvgIpc) is 3.00. The molecule has 25 heavy (non-hydrogen) atoms. The van der Waals surface area contributed by atoms with Gasteiger partial charge in [0, 0.05) is 23.6 Å². The van der Waals surface area contributed by atoms with Crippen molar-refractivity contribution in [3.63, 3.8) is 0 Å². The summed E-state index contributed by atoms with van der Waals surface area (Å²) in [5.41, 5.74) is 1.74. The number of hydrogen-bond donors (Lipinski definition) is 0. The molecule has 0 atom stereocenters. The Labute approximate surface area is 140 Å². The molecular weight excluding hydrogens is 329 g/mol. The summed E-state index contributed by atoms with van der Waals surface area (Å²) in [6.07, 6.45) is 1.40. The molecule has 0 spiro atoms. The fraction of sp³-hybridized carbons (Fsp3) is 0.0556. The maximum Gasteiger partial charge on any atom is 0.159 e. The lowest BCUT2D eigenvalue weighted by atomic mass is 10.1. The minimum absolute atomic E-state index is 0.0634. The standard InChI is InChI=1S/C18H11F3N4/c19-12-6-4-11(5-7-12)16-9-18-23-17(24-25(18)10-22-16)8-13-14(20)2-1-3-15(13)21/h1-7,9-10H,8H2. The molecule has 0 saturated carbocycles. The van der Waals surface area contributed by atoms with Crippen LogP contribution in [-0.4, -0.2) is 19.6 Å². The summed E-state index contributed by atoms with van der Waals surface area (Å²) >= 11 is 0. The topological polar surface area (TPSA) is 43.1 Å². The van der Waals surface area contributed by atoms with E-state index in [1.807, 2.05) is 0 Å². The molecule has 0 saturated heterocycles. The van der Waals surface area contributed by atoms with Gasteiger partial charge < -0.3 is 0 Å². The van der Waals surface area contributed by atoms with Gasteiger partial charge in [-0.2, -0.15) is 0 Å². The third-order valence-electron chi connectivity index (χ3n) is 3.81. The fourth-order valence-corrected chi connectivity index (χ4v) is 2.55. The van der Waals surface area contributed by atoms with E-state index >= 15 is 0 Å². The average molecular weight is 340 g/mol. The maximum atomic E-state index is 13.8. The predicted molar refractivity (Wildman–Crippen MR) is 85.3 cm³/mol. The second-order valence-corrected chi connectivity index (χ2v) is 5.49. The lowest BCUT2D eigenvalue weighted by Crippen LogP contribution is -1.99. The van der Waals surface area contributed by atoms with Gasteiger partial charge in [0.1, 0.15) is 23.8 Å². The highest BCUT2D eigenvalue weighted by Crippen LogP contribution is 2.19. The van der Waals surface area contributed by atoms with Crippen LogP contribution in [0.3, 0.4) is 0 Å². The highest BCUT2D eigenvalue weighted by Gasteiger charge is 2.13. The lowest BCUT2D eigenvalue weighted by Gasteiger charge is -2.00. The molecule has 4 nitrogen and oxygen atoms in total. The Balaban J connectivity index is 1.70. The van der Waals surface area contributed by atoms with Gasteiger partial charge in [-0.3, -0.25) is 0 Å². The van der Waals surface area contributed by atoms with Crippen molar-refractivity contribution in [3.8, 4) is 11.3 Å². The van der Waals surface area contributed by atoms with Gasteiger partial charge in [-0.1, -0.05) is 6.07 Å². The van der Waals surface area contributed by atoms with Crippen LogP contribution in [0.5, 0.6) is 0 Å². The molecule has 7 heteroatoms. The SMILES string of the molecule is Fc1ccc(-c2cc3nc(Cc4c(F)cccc4F)nn3cn2)cc1. The zero-order chi connectivity index (χ0) is 17.4. The van der Waals surface area contributed by atoms with Crippen molar-refractivity contribution in [1.82, 2.24) is 19.6 Å². The number of rotatable bonds is 3. The van der Waals surface area contributed by atoms with E-state index < -0.39 is 11.6 Å². The predicted octanol–water partition coefficient (Wildman–Crippen LogP) is 3.80. The highest BCUT2D eigenvalue weighted by atomic mass is 19.1. The summed E-state index contributed by atoms with van der Waals surface area (Å²) in [5, 5.41) is 4.19. The van der Waals surface area contributed by atoms with Gasteiger partial charge in [0.05, 0.1) is 5.69 Å². The van der Waals surface area contributed by atoms with E-state index in [-0.39, 0.29) is 23.6 Å². The summed E-state index contributed by atoms with van der Waals surface area (Å²) < 4.78 is 42.0. The Hall–Kier alpha value is -3.22. The highest BCUT2D eigenvalue weighted by molar-refractivity contribution is 5.62. The first-order chi connectivity index (χ1) is 12.1. The zero-order valence-electron chi connectivity index (χ0n) is 12.8. The van der Waals surface area contributed by atoms with Gasteiger partial charge in [-0.15, -0.1) is 5.10 Å². The molecule has 2 aromatic heterocycles. The maximum absolute atomic E-state index is 13.8. The molecule has 0 fully saturated rings. The Morgan fingerprint density at radius 3 is 2.36 bits per heavy atom. The molecule has 0 aliphatic carbocycles. The van der Waals surface area contributed by atoms with Crippen LogP contribution in [0.1, 0.15) is 11.4 Å². The van der Waals surface area contributed by atoms with Crippen LogP contribution in [0, 0.1) is 17.5 Å². The van der Waals surface area contributed by atoms with Gasteiger partial charge in [0.25, 0.3) is 0 Å². The van der Waals surface area contributed by atoms with E-state index in [2.05, 4.69) is 15.1 Å². The normalized spacial score (nSPS) is 11.2. The molecular formula is C18H11F3N4. The van der Waals surface area contributed by atoms with Crippen molar-refractivity contribution in [1.29, 1.82) is 0 Å². The molecule has 0 radical (unpaired) electrons. The Bertz CT molecular complexity index is 1040. The molecule has 2 aromatic carbocycles. The summed E-state index contributed by atoms with van der Waals surface area (Å²) in [5.74, 6) is -1.32. The number of benzene rings is 2. The molecule has 0 N–H and O–H groups in total. The molecule has 0 unspecified atom stereocenters. The van der Waals surface area contributed by atoms with Crippen molar-refractivity contribution in [2.24, 2.45) is 0 Å². The van der Waals surface area contributed by atoms with Crippen molar-refractivity contribution >= 4 is 5.65 Å². The van der Waals surface area contributed by atoms with Crippen LogP contribution < -0.4 is 0 Å². The van der Waals surface area contributed by atoms with Gasteiger partial charge in [0.15, 0.2) is 11.5 Å². The number of aromatic nitrogens is 4. The largest absolute Gasteiger partial charge is 0.236 e. The van der Waals surface area contributed by atoms with E-state index in [1.54, 1.807) is 18.2 Å². The van der Waals surface area contributed by atoms with Gasteiger partial charge in [-0.05, 0) is 36.4 Å². The van der Waals surface area contributed by atoms with Gasteiger partial charge >= 0.3 is 0 Å². The molecule has 4 rings (SSSR count). The number of hydrogen-bond acceptors (Lipinski definition) is 3. The lowest BCUT2D eigenvalue weighted by molar-refractivity contribution is 0.559. The Morgan fingerprint density at radius 1 is 0.920 bits per heavy atom. The zero-order valence-corrected chi connectivity index (χ0v) is 12.8. The molecule has 0 aliphatic rings. The van der Waals surface area contributed by atoms with Crippen molar-refractivity contribution < 1.29 is 13.2 Å². The summed E-state index contributed by atoms with van der Waals surface area (Å²) in [4.78, 5) is 8.55. The van der Waals surface area contributed by atoms with E-state index in [0.717, 1.165) is 5.56 Å². The summed E-state index contributed by atoms with van der Waals surface area (Å²) in [6, 6.07) is 11.3. The van der Waals surface area contributed by atoms with Crippen molar-refractivity contribution in [2.75, 3.05) is 0 Å². The van der Waals surface area contributed by atoms with Crippen molar-refractivity contribution in [2.45, 2.75) is 6.42 Å². The fourth-order valence-electron chi connectivity index (χ4n) is 2.55. The van der Waals surface area contributed by atoms with Crippen LogP contribution in [0.2, 0.25) is 0 Å². The third-order valence-corrected chi connectivity index (χ3v) is 3.81. The first-order valence-corrected chi connectivity index (χ1v) is 7.50. The molecule has 0 bridgehead atoms. The number of fused-ring (bicyclic) bond motifs is 1. The van der Waals surface area contributed by atoms with Crippen LogP contribution >= 0.6 is 0 Å². The van der Waals surface area contributed by atoms with Crippen LogP contribution in [-0.2, 0) is 6.42 Å². The van der Waals surface area contributed by atoms with E-state index in [4.69, 9.17) is 0 Å².